The van der Waals surface area contributed by atoms with E-state index in [4.69, 9.17) is 4.98 Å². The van der Waals surface area contributed by atoms with Crippen molar-refractivity contribution >= 4 is 16.8 Å². The highest BCUT2D eigenvalue weighted by Crippen LogP contribution is 2.32. The molecule has 2 aliphatic rings. The number of carbonyl (C=O) groups is 1. The Balaban J connectivity index is 1.27. The number of nitrogens with zero attached hydrogens (tertiary/aromatic N) is 4. The molecule has 3 aromatic rings. The minimum Gasteiger partial charge on any atom is -0.342 e. The van der Waals surface area contributed by atoms with Crippen LogP contribution < -0.4 is 0 Å². The highest BCUT2D eigenvalue weighted by atomic mass is 16.2. The molecule has 156 valence electrons. The first-order valence-corrected chi connectivity index (χ1v) is 11.3. The van der Waals surface area contributed by atoms with Gasteiger partial charge in [-0.15, -0.1) is 0 Å². The molecule has 6 nitrogen and oxygen atoms in total. The van der Waals surface area contributed by atoms with E-state index in [1.807, 2.05) is 35.2 Å². The van der Waals surface area contributed by atoms with Gasteiger partial charge in [0, 0.05) is 36.5 Å². The van der Waals surface area contributed by atoms with Crippen LogP contribution in [0.4, 0.5) is 0 Å². The average molecular weight is 404 g/mol. The van der Waals surface area contributed by atoms with Crippen molar-refractivity contribution in [1.29, 1.82) is 0 Å². The van der Waals surface area contributed by atoms with Crippen molar-refractivity contribution in [2.24, 2.45) is 0 Å². The molecule has 2 aromatic heterocycles. The van der Waals surface area contributed by atoms with E-state index < -0.39 is 0 Å². The highest BCUT2D eigenvalue weighted by Gasteiger charge is 2.29. The van der Waals surface area contributed by atoms with Crippen LogP contribution in [-0.2, 0) is 11.2 Å². The summed E-state index contributed by atoms with van der Waals surface area (Å²) in [4.78, 5) is 24.4. The van der Waals surface area contributed by atoms with Gasteiger partial charge in [0.15, 0.2) is 5.82 Å². The molecule has 3 heterocycles. The molecule has 1 N–H and O–H groups in total. The third kappa shape index (κ3) is 3.95. The molecule has 1 saturated heterocycles. The molecule has 0 bridgehead atoms. The van der Waals surface area contributed by atoms with Crippen molar-refractivity contribution in [3.05, 3.63) is 53.7 Å². The first kappa shape index (κ1) is 19.2. The standard InChI is InChI=1S/C24H29N5O/c30-21(15-19-10-4-9-17-11-5-13-25-22(17)19)29-14-6-12-20(16-29)24-26-23(27-28-24)18-7-2-1-3-8-18/h4-5,9-11,13,18,20H,1-3,6-8,12,14-16H2,(H,26,27,28). The number of fused-ring (bicyclic) bond motifs is 1. The van der Waals surface area contributed by atoms with Gasteiger partial charge in [0.05, 0.1) is 11.9 Å². The van der Waals surface area contributed by atoms with Crippen LogP contribution in [0.3, 0.4) is 0 Å². The summed E-state index contributed by atoms with van der Waals surface area (Å²) >= 11 is 0. The van der Waals surface area contributed by atoms with E-state index >= 15 is 0 Å². The van der Waals surface area contributed by atoms with Crippen molar-refractivity contribution in [3.63, 3.8) is 0 Å². The van der Waals surface area contributed by atoms with Crippen LogP contribution in [0, 0.1) is 0 Å². The highest BCUT2D eigenvalue weighted by molar-refractivity contribution is 5.87. The van der Waals surface area contributed by atoms with Crippen LogP contribution in [0.2, 0.25) is 0 Å². The number of benzene rings is 1. The summed E-state index contributed by atoms with van der Waals surface area (Å²) in [6.07, 6.45) is 10.6. The summed E-state index contributed by atoms with van der Waals surface area (Å²) in [5, 5.41) is 8.83. The number of rotatable bonds is 4. The Kier molecular flexibility index (Phi) is 5.47. The quantitative estimate of drug-likeness (QED) is 0.703. The van der Waals surface area contributed by atoms with E-state index in [1.165, 1.54) is 32.1 Å². The van der Waals surface area contributed by atoms with Gasteiger partial charge in [0.25, 0.3) is 0 Å². The molecule has 0 radical (unpaired) electrons. The molecule has 1 aliphatic carbocycles. The zero-order valence-electron chi connectivity index (χ0n) is 17.4. The van der Waals surface area contributed by atoms with E-state index in [2.05, 4.69) is 15.2 Å². The number of amides is 1. The van der Waals surface area contributed by atoms with Crippen LogP contribution in [0.1, 0.15) is 74.0 Å². The fraction of sp³-hybridized carbons (Fsp3) is 0.500. The minimum absolute atomic E-state index is 0.167. The molecule has 1 amide bonds. The summed E-state index contributed by atoms with van der Waals surface area (Å²) in [6.45, 7) is 1.52. The summed E-state index contributed by atoms with van der Waals surface area (Å²) in [5.41, 5.74) is 1.92. The zero-order chi connectivity index (χ0) is 20.3. The lowest BCUT2D eigenvalue weighted by atomic mass is 9.89. The maximum absolute atomic E-state index is 13.1. The van der Waals surface area contributed by atoms with E-state index in [-0.39, 0.29) is 11.8 Å². The first-order chi connectivity index (χ1) is 14.8. The molecular weight excluding hydrogens is 374 g/mol. The van der Waals surface area contributed by atoms with Gasteiger partial charge in [-0.2, -0.15) is 5.10 Å². The fourth-order valence-corrected chi connectivity index (χ4v) is 5.03. The number of aromatic nitrogens is 4. The Morgan fingerprint density at radius 3 is 2.77 bits per heavy atom. The SMILES string of the molecule is O=C(Cc1cccc2cccnc12)N1CCCC(c2n[nH]c(C3CCCCC3)n2)C1. The number of para-hydroxylation sites is 1. The van der Waals surface area contributed by atoms with Gasteiger partial charge in [-0.05, 0) is 37.3 Å². The van der Waals surface area contributed by atoms with Gasteiger partial charge in [0.1, 0.15) is 5.82 Å². The maximum Gasteiger partial charge on any atom is 0.227 e. The van der Waals surface area contributed by atoms with Crippen LogP contribution in [0.15, 0.2) is 36.5 Å². The lowest BCUT2D eigenvalue weighted by molar-refractivity contribution is -0.131. The summed E-state index contributed by atoms with van der Waals surface area (Å²) in [7, 11) is 0. The number of hydrogen-bond acceptors (Lipinski definition) is 4. The van der Waals surface area contributed by atoms with E-state index in [9.17, 15) is 4.79 Å². The van der Waals surface area contributed by atoms with Gasteiger partial charge in [-0.3, -0.25) is 14.9 Å². The largest absolute Gasteiger partial charge is 0.342 e. The Morgan fingerprint density at radius 1 is 1.03 bits per heavy atom. The number of carbonyl (C=O) groups excluding carboxylic acids is 1. The van der Waals surface area contributed by atoms with Gasteiger partial charge >= 0.3 is 0 Å². The van der Waals surface area contributed by atoms with Crippen LogP contribution in [-0.4, -0.2) is 44.1 Å². The second kappa shape index (κ2) is 8.54. The molecule has 1 saturated carbocycles. The van der Waals surface area contributed by atoms with Crippen LogP contribution in [0.5, 0.6) is 0 Å². The van der Waals surface area contributed by atoms with E-state index in [0.29, 0.717) is 18.9 Å². The third-order valence-corrected chi connectivity index (χ3v) is 6.71. The molecule has 1 aliphatic heterocycles. The number of aromatic amines is 1. The van der Waals surface area contributed by atoms with Gasteiger partial charge in [-0.1, -0.05) is 43.5 Å². The summed E-state index contributed by atoms with van der Waals surface area (Å²) in [6, 6.07) is 10.0. The maximum atomic E-state index is 13.1. The molecule has 5 rings (SSSR count). The fourth-order valence-electron chi connectivity index (χ4n) is 5.03. The predicted molar refractivity (Wildman–Crippen MR) is 116 cm³/mol. The Morgan fingerprint density at radius 2 is 1.87 bits per heavy atom. The van der Waals surface area contributed by atoms with Crippen molar-refractivity contribution in [2.45, 2.75) is 63.2 Å². The third-order valence-electron chi connectivity index (χ3n) is 6.71. The second-order valence-corrected chi connectivity index (χ2v) is 8.76. The lowest BCUT2D eigenvalue weighted by Gasteiger charge is -2.31. The Bertz CT molecular complexity index is 1020. The number of likely N-dealkylation sites (tertiary alicyclic amines) is 1. The second-order valence-electron chi connectivity index (χ2n) is 8.76. The first-order valence-electron chi connectivity index (χ1n) is 11.3. The summed E-state index contributed by atoms with van der Waals surface area (Å²) in [5.74, 6) is 2.86. The topological polar surface area (TPSA) is 74.8 Å². The number of hydrogen-bond donors (Lipinski definition) is 1. The van der Waals surface area contributed by atoms with Crippen molar-refractivity contribution in [1.82, 2.24) is 25.1 Å². The van der Waals surface area contributed by atoms with Crippen LogP contribution >= 0.6 is 0 Å². The Labute approximate surface area is 177 Å². The van der Waals surface area contributed by atoms with Gasteiger partial charge in [0.2, 0.25) is 5.91 Å². The number of piperidine rings is 1. The van der Waals surface area contributed by atoms with Crippen molar-refractivity contribution in [3.8, 4) is 0 Å². The van der Waals surface area contributed by atoms with E-state index in [0.717, 1.165) is 47.5 Å². The molecule has 1 unspecified atom stereocenters. The van der Waals surface area contributed by atoms with Crippen molar-refractivity contribution < 1.29 is 4.79 Å². The Hall–Kier alpha value is -2.76. The molecule has 2 fully saturated rings. The number of nitrogens with one attached hydrogen (secondary N) is 1. The lowest BCUT2D eigenvalue weighted by Crippen LogP contribution is -2.40. The molecular formula is C24H29N5O. The predicted octanol–water partition coefficient (Wildman–Crippen LogP) is 4.35. The van der Waals surface area contributed by atoms with Crippen LogP contribution in [0.25, 0.3) is 10.9 Å². The number of H-pyrrole nitrogens is 1. The molecule has 0 spiro atoms. The smallest absolute Gasteiger partial charge is 0.227 e. The van der Waals surface area contributed by atoms with Gasteiger partial charge in [-0.25, -0.2) is 4.98 Å². The monoisotopic (exact) mass is 403 g/mol. The minimum atomic E-state index is 0.167. The van der Waals surface area contributed by atoms with E-state index in [1.54, 1.807) is 6.20 Å². The molecule has 30 heavy (non-hydrogen) atoms. The average Bonchev–Trinajstić information content (AvgIpc) is 3.30. The normalized spacial score (nSPS) is 20.5. The summed E-state index contributed by atoms with van der Waals surface area (Å²) < 4.78 is 0. The molecule has 1 aromatic carbocycles. The zero-order valence-corrected chi connectivity index (χ0v) is 17.4. The molecule has 1 atom stereocenters. The molecule has 6 heteroatoms. The number of pyridine rings is 1. The van der Waals surface area contributed by atoms with Crippen molar-refractivity contribution in [2.75, 3.05) is 13.1 Å². The van der Waals surface area contributed by atoms with Gasteiger partial charge < -0.3 is 4.90 Å².